The fraction of sp³-hybridized carbons (Fsp3) is 0.320. The first kappa shape index (κ1) is 25.4. The number of hydrazone groups is 1. The third kappa shape index (κ3) is 6.28. The lowest BCUT2D eigenvalue weighted by Gasteiger charge is -2.32. The highest BCUT2D eigenvalue weighted by atomic mass is 19.4. The van der Waals surface area contributed by atoms with Gasteiger partial charge in [-0.3, -0.25) is 0 Å². The number of morpholine rings is 1. The number of anilines is 4. The number of nitrogens with zero attached hydrogens (tertiary/aromatic N) is 4. The Kier molecular flexibility index (Phi) is 7.68. The second-order valence-corrected chi connectivity index (χ2v) is 8.33. The topological polar surface area (TPSA) is 74.7 Å². The van der Waals surface area contributed by atoms with E-state index in [2.05, 4.69) is 25.8 Å². The Morgan fingerprint density at radius 3 is 2.75 bits per heavy atom. The van der Waals surface area contributed by atoms with E-state index in [1.165, 1.54) is 6.07 Å². The van der Waals surface area contributed by atoms with Gasteiger partial charge in [0.25, 0.3) is 0 Å². The summed E-state index contributed by atoms with van der Waals surface area (Å²) < 4.78 is 58.8. The van der Waals surface area contributed by atoms with Crippen LogP contribution in [0.3, 0.4) is 0 Å². The zero-order valence-electron chi connectivity index (χ0n) is 19.8. The predicted octanol–water partition coefficient (Wildman–Crippen LogP) is 5.61. The van der Waals surface area contributed by atoms with Gasteiger partial charge in [-0.25, -0.2) is 14.8 Å². The van der Waals surface area contributed by atoms with Crippen molar-refractivity contribution < 1.29 is 22.3 Å². The highest BCUT2D eigenvalue weighted by molar-refractivity contribution is 5.83. The van der Waals surface area contributed by atoms with Gasteiger partial charge in [0.1, 0.15) is 0 Å². The molecule has 0 spiro atoms. The molecule has 7 nitrogen and oxygen atoms in total. The predicted molar refractivity (Wildman–Crippen MR) is 131 cm³/mol. The molecule has 1 atom stereocenters. The highest BCUT2D eigenvalue weighted by Gasteiger charge is 2.30. The average Bonchev–Trinajstić information content (AvgIpc) is 2.85. The molecule has 0 aliphatic carbocycles. The minimum absolute atomic E-state index is 0.0268. The molecule has 0 saturated carbocycles. The van der Waals surface area contributed by atoms with Crippen molar-refractivity contribution in [3.63, 3.8) is 0 Å². The molecular formula is C25H26F4N6O. The summed E-state index contributed by atoms with van der Waals surface area (Å²) in [6.07, 6.45) is -1.07. The zero-order chi connectivity index (χ0) is 25.7. The van der Waals surface area contributed by atoms with Gasteiger partial charge in [-0.1, -0.05) is 19.1 Å². The van der Waals surface area contributed by atoms with Crippen molar-refractivity contribution in [2.45, 2.75) is 32.5 Å². The molecule has 1 aromatic heterocycles. The quantitative estimate of drug-likeness (QED) is 0.249. The first-order valence-corrected chi connectivity index (χ1v) is 11.5. The summed E-state index contributed by atoms with van der Waals surface area (Å²) in [6.45, 7) is 5.43. The zero-order valence-corrected chi connectivity index (χ0v) is 19.8. The van der Waals surface area contributed by atoms with E-state index in [-0.39, 0.29) is 17.9 Å². The molecule has 0 amide bonds. The highest BCUT2D eigenvalue weighted by Crippen LogP contribution is 2.31. The summed E-state index contributed by atoms with van der Waals surface area (Å²) in [5, 5.41) is 7.21. The van der Waals surface area contributed by atoms with E-state index in [1.807, 2.05) is 30.9 Å². The van der Waals surface area contributed by atoms with Gasteiger partial charge >= 0.3 is 6.18 Å². The van der Waals surface area contributed by atoms with E-state index < -0.39 is 17.6 Å². The first-order chi connectivity index (χ1) is 17.2. The van der Waals surface area contributed by atoms with Crippen LogP contribution in [0, 0.1) is 5.82 Å². The van der Waals surface area contributed by atoms with Crippen LogP contribution in [0.4, 0.5) is 40.7 Å². The number of alkyl halides is 3. The van der Waals surface area contributed by atoms with Crippen molar-refractivity contribution in [1.82, 2.24) is 9.97 Å². The Balaban J connectivity index is 1.45. The van der Waals surface area contributed by atoms with Gasteiger partial charge in [-0.15, -0.1) is 0 Å². The molecule has 0 radical (unpaired) electrons. The van der Waals surface area contributed by atoms with Gasteiger partial charge in [0.05, 0.1) is 30.7 Å². The van der Waals surface area contributed by atoms with Crippen molar-refractivity contribution in [2.24, 2.45) is 5.10 Å². The summed E-state index contributed by atoms with van der Waals surface area (Å²) in [5.74, 6) is -0.171. The molecule has 1 aliphatic rings. The SMILES string of the molecule is CCc1cc(Nc2cccc(C(F)(F)F)c2)ccc1/C=N/Nc1ncc(F)c(N2CCOC(C)C2)n1. The molecule has 3 aromatic rings. The van der Waals surface area contributed by atoms with Crippen LogP contribution in [0.2, 0.25) is 0 Å². The number of benzene rings is 2. The third-order valence-corrected chi connectivity index (χ3v) is 5.64. The maximum absolute atomic E-state index is 14.3. The van der Waals surface area contributed by atoms with E-state index in [0.29, 0.717) is 37.5 Å². The summed E-state index contributed by atoms with van der Waals surface area (Å²) in [7, 11) is 0. The van der Waals surface area contributed by atoms with E-state index in [4.69, 9.17) is 4.74 Å². The molecule has 1 unspecified atom stereocenters. The van der Waals surface area contributed by atoms with Gasteiger partial charge in [0, 0.05) is 24.5 Å². The standard InChI is InChI=1S/C25H26F4N6O/c1-3-17-11-21(32-20-6-4-5-19(12-20)25(27,28)29)8-7-18(17)13-31-34-24-30-14-22(26)23(33-24)35-9-10-36-16(2)15-35/h4-8,11-14,16,32H,3,9-10,15H2,1-2H3,(H,30,33,34)/b31-13+. The van der Waals surface area contributed by atoms with Crippen molar-refractivity contribution in [3.8, 4) is 0 Å². The van der Waals surface area contributed by atoms with Crippen molar-refractivity contribution in [3.05, 3.63) is 71.2 Å². The Labute approximate surface area is 206 Å². The number of hydrogen-bond acceptors (Lipinski definition) is 7. The van der Waals surface area contributed by atoms with Gasteiger partial charge < -0.3 is 15.0 Å². The Bertz CT molecular complexity index is 1230. The number of rotatable bonds is 7. The lowest BCUT2D eigenvalue weighted by atomic mass is 10.0. The van der Waals surface area contributed by atoms with Crippen LogP contribution in [0.15, 0.2) is 53.8 Å². The summed E-state index contributed by atoms with van der Waals surface area (Å²) >= 11 is 0. The fourth-order valence-corrected chi connectivity index (χ4v) is 3.86. The Morgan fingerprint density at radius 1 is 1.19 bits per heavy atom. The van der Waals surface area contributed by atoms with Crippen LogP contribution in [-0.4, -0.2) is 42.0 Å². The normalized spacial score (nSPS) is 16.4. The van der Waals surface area contributed by atoms with Crippen LogP contribution >= 0.6 is 0 Å². The van der Waals surface area contributed by atoms with Crippen molar-refractivity contribution in [1.29, 1.82) is 0 Å². The fourth-order valence-electron chi connectivity index (χ4n) is 3.86. The van der Waals surface area contributed by atoms with Crippen molar-refractivity contribution >= 4 is 29.4 Å². The molecule has 0 bridgehead atoms. The van der Waals surface area contributed by atoms with Crippen LogP contribution in [0.1, 0.15) is 30.5 Å². The summed E-state index contributed by atoms with van der Waals surface area (Å²) in [5.41, 5.74) is 4.76. The molecular weight excluding hydrogens is 476 g/mol. The molecule has 4 rings (SSSR count). The van der Waals surface area contributed by atoms with Crippen LogP contribution in [0.25, 0.3) is 0 Å². The number of ether oxygens (including phenoxy) is 1. The molecule has 1 saturated heterocycles. The lowest BCUT2D eigenvalue weighted by molar-refractivity contribution is -0.137. The molecule has 1 fully saturated rings. The molecule has 2 aromatic carbocycles. The van der Waals surface area contributed by atoms with Crippen LogP contribution in [0.5, 0.6) is 0 Å². The second-order valence-electron chi connectivity index (χ2n) is 8.33. The smallest absolute Gasteiger partial charge is 0.375 e. The largest absolute Gasteiger partial charge is 0.416 e. The van der Waals surface area contributed by atoms with Gasteiger partial charge in [0.2, 0.25) is 5.95 Å². The van der Waals surface area contributed by atoms with Gasteiger partial charge in [-0.2, -0.15) is 23.3 Å². The summed E-state index contributed by atoms with van der Waals surface area (Å²) in [4.78, 5) is 10.0. The number of aromatic nitrogens is 2. The molecule has 1 aliphatic heterocycles. The second kappa shape index (κ2) is 10.9. The number of halogens is 4. The summed E-state index contributed by atoms with van der Waals surface area (Å²) in [6, 6.07) is 10.5. The minimum atomic E-state index is -4.41. The van der Waals surface area contributed by atoms with Gasteiger partial charge in [-0.05, 0) is 54.8 Å². The minimum Gasteiger partial charge on any atom is -0.375 e. The maximum atomic E-state index is 14.3. The van der Waals surface area contributed by atoms with E-state index in [0.717, 1.165) is 29.5 Å². The van der Waals surface area contributed by atoms with E-state index in [9.17, 15) is 17.6 Å². The first-order valence-electron chi connectivity index (χ1n) is 11.5. The Hall–Kier alpha value is -3.73. The average molecular weight is 503 g/mol. The molecule has 36 heavy (non-hydrogen) atoms. The number of nitrogens with one attached hydrogen (secondary N) is 2. The van der Waals surface area contributed by atoms with E-state index >= 15 is 0 Å². The molecule has 11 heteroatoms. The number of aryl methyl sites for hydroxylation is 1. The van der Waals surface area contributed by atoms with E-state index in [1.54, 1.807) is 18.3 Å². The number of hydrogen-bond donors (Lipinski definition) is 2. The third-order valence-electron chi connectivity index (χ3n) is 5.64. The molecule has 2 N–H and O–H groups in total. The monoisotopic (exact) mass is 502 g/mol. The lowest BCUT2D eigenvalue weighted by Crippen LogP contribution is -2.42. The van der Waals surface area contributed by atoms with Crippen LogP contribution < -0.4 is 15.6 Å². The molecule has 190 valence electrons. The van der Waals surface area contributed by atoms with Gasteiger partial charge in [0.15, 0.2) is 11.6 Å². The van der Waals surface area contributed by atoms with Crippen molar-refractivity contribution in [2.75, 3.05) is 35.3 Å². The molecule has 2 heterocycles. The van der Waals surface area contributed by atoms with Crippen LogP contribution in [-0.2, 0) is 17.3 Å². The Morgan fingerprint density at radius 2 is 2.00 bits per heavy atom. The maximum Gasteiger partial charge on any atom is 0.416 e.